The Morgan fingerprint density at radius 1 is 1.47 bits per heavy atom. The molecule has 1 aromatic rings. The Balaban J connectivity index is 2.83. The van der Waals surface area contributed by atoms with Gasteiger partial charge >= 0.3 is 6.18 Å². The van der Waals surface area contributed by atoms with Gasteiger partial charge in [0.25, 0.3) is 5.91 Å². The number of hydroxylamine groups is 2. The van der Waals surface area contributed by atoms with Crippen LogP contribution in [0.15, 0.2) is 12.3 Å². The minimum Gasteiger partial charge on any atom is -0.468 e. The number of alkyl halides is 3. The summed E-state index contributed by atoms with van der Waals surface area (Å²) in [7, 11) is 2.73. The Morgan fingerprint density at radius 2 is 2.11 bits per heavy atom. The topological polar surface area (TPSA) is 51.7 Å². The molecule has 0 aliphatic carbocycles. The van der Waals surface area contributed by atoms with Crippen molar-refractivity contribution in [1.29, 1.82) is 0 Å². The van der Waals surface area contributed by atoms with Crippen molar-refractivity contribution in [2.45, 2.75) is 13.1 Å². The highest BCUT2D eigenvalue weighted by atomic mass is 19.4. The minimum absolute atomic E-state index is 0.158. The van der Waals surface area contributed by atoms with Crippen LogP contribution in [0, 0.1) is 6.92 Å². The molecular formula is C11H13F3N2O3. The molecule has 0 N–H and O–H groups in total. The average molecular weight is 278 g/mol. The maximum Gasteiger partial charge on any atom is 0.422 e. The molecule has 19 heavy (non-hydrogen) atoms. The van der Waals surface area contributed by atoms with Crippen LogP contribution < -0.4 is 4.74 Å². The molecule has 1 heterocycles. The summed E-state index contributed by atoms with van der Waals surface area (Å²) in [6, 6.07) is 1.39. The quantitative estimate of drug-likeness (QED) is 0.790. The first-order valence-electron chi connectivity index (χ1n) is 5.23. The van der Waals surface area contributed by atoms with E-state index >= 15 is 0 Å². The van der Waals surface area contributed by atoms with Gasteiger partial charge in [0, 0.05) is 18.8 Å². The highest BCUT2D eigenvalue weighted by Gasteiger charge is 2.29. The van der Waals surface area contributed by atoms with Crippen molar-refractivity contribution in [2.75, 3.05) is 20.8 Å². The minimum atomic E-state index is -4.43. The van der Waals surface area contributed by atoms with Crippen LogP contribution >= 0.6 is 0 Å². The van der Waals surface area contributed by atoms with Gasteiger partial charge in [0.1, 0.15) is 0 Å². The van der Waals surface area contributed by atoms with E-state index in [1.54, 1.807) is 0 Å². The fourth-order valence-corrected chi connectivity index (χ4v) is 1.25. The van der Waals surface area contributed by atoms with Gasteiger partial charge in [-0.15, -0.1) is 0 Å². The Kier molecular flexibility index (Phi) is 4.71. The van der Waals surface area contributed by atoms with Crippen LogP contribution in [0.4, 0.5) is 13.2 Å². The first-order valence-corrected chi connectivity index (χ1v) is 5.23. The second-order valence-corrected chi connectivity index (χ2v) is 3.74. The number of rotatable bonds is 4. The number of hydrogen-bond donors (Lipinski definition) is 0. The van der Waals surface area contributed by atoms with Crippen LogP contribution in [0.25, 0.3) is 0 Å². The van der Waals surface area contributed by atoms with Crippen molar-refractivity contribution < 1.29 is 27.5 Å². The molecule has 0 aromatic carbocycles. The van der Waals surface area contributed by atoms with Crippen LogP contribution in [-0.2, 0) is 4.84 Å². The molecule has 0 aliphatic rings. The van der Waals surface area contributed by atoms with Gasteiger partial charge in [-0.3, -0.25) is 9.63 Å². The standard InChI is InChI=1S/C11H13F3N2O3/c1-7-4-8(10(17)16(2)18-3)5-15-9(7)19-6-11(12,13)14/h4-5H,6H2,1-3H3. The zero-order valence-corrected chi connectivity index (χ0v) is 10.6. The first kappa shape index (κ1) is 15.2. The zero-order valence-electron chi connectivity index (χ0n) is 10.6. The molecule has 0 radical (unpaired) electrons. The molecule has 5 nitrogen and oxygen atoms in total. The molecule has 1 aromatic heterocycles. The summed E-state index contributed by atoms with van der Waals surface area (Å²) in [5, 5.41) is 0.979. The fraction of sp³-hybridized carbons (Fsp3) is 0.455. The van der Waals surface area contributed by atoms with Crippen molar-refractivity contribution in [2.24, 2.45) is 0 Å². The molecule has 0 bridgehead atoms. The van der Waals surface area contributed by atoms with Crippen LogP contribution in [0.2, 0.25) is 0 Å². The number of hydrogen-bond acceptors (Lipinski definition) is 4. The molecule has 8 heteroatoms. The van der Waals surface area contributed by atoms with Crippen molar-refractivity contribution in [1.82, 2.24) is 10.0 Å². The Bertz CT molecular complexity index is 463. The van der Waals surface area contributed by atoms with E-state index in [0.717, 1.165) is 11.3 Å². The second-order valence-electron chi connectivity index (χ2n) is 3.74. The van der Waals surface area contributed by atoms with Crippen LogP contribution in [0.3, 0.4) is 0 Å². The second kappa shape index (κ2) is 5.87. The van der Waals surface area contributed by atoms with E-state index in [1.165, 1.54) is 27.1 Å². The predicted octanol–water partition coefficient (Wildman–Crippen LogP) is 1.96. The molecule has 0 spiro atoms. The lowest BCUT2D eigenvalue weighted by atomic mass is 10.2. The van der Waals surface area contributed by atoms with Gasteiger partial charge < -0.3 is 4.74 Å². The van der Waals surface area contributed by atoms with Crippen molar-refractivity contribution >= 4 is 5.91 Å². The summed E-state index contributed by atoms with van der Waals surface area (Å²) in [6.45, 7) is 0.0778. The van der Waals surface area contributed by atoms with Crippen molar-refractivity contribution in [3.8, 4) is 5.88 Å². The Labute approximate surface area is 107 Å². The van der Waals surface area contributed by atoms with E-state index in [4.69, 9.17) is 4.84 Å². The molecule has 0 saturated heterocycles. The summed E-state index contributed by atoms with van der Waals surface area (Å²) in [4.78, 5) is 20.1. The Hall–Kier alpha value is -1.83. The molecule has 0 unspecified atom stereocenters. The molecule has 1 rings (SSSR count). The van der Waals surface area contributed by atoms with Gasteiger partial charge in [-0.25, -0.2) is 10.0 Å². The third kappa shape index (κ3) is 4.40. The van der Waals surface area contributed by atoms with Crippen molar-refractivity contribution in [3.63, 3.8) is 0 Å². The van der Waals surface area contributed by atoms with E-state index < -0.39 is 18.7 Å². The van der Waals surface area contributed by atoms with E-state index in [9.17, 15) is 18.0 Å². The summed E-state index contributed by atoms with van der Waals surface area (Å²) < 4.78 is 40.5. The lowest BCUT2D eigenvalue weighted by Crippen LogP contribution is -2.25. The molecule has 1 amide bonds. The summed E-state index contributed by atoms with van der Waals surface area (Å²) in [6.07, 6.45) is -3.30. The monoisotopic (exact) mass is 278 g/mol. The average Bonchev–Trinajstić information content (AvgIpc) is 2.34. The number of halogens is 3. The van der Waals surface area contributed by atoms with Crippen LogP contribution in [-0.4, -0.2) is 42.9 Å². The molecule has 0 atom stereocenters. The Morgan fingerprint density at radius 3 is 2.58 bits per heavy atom. The smallest absolute Gasteiger partial charge is 0.422 e. The summed E-state index contributed by atoms with van der Waals surface area (Å²) in [5.41, 5.74) is 0.529. The normalized spacial score (nSPS) is 11.3. The highest BCUT2D eigenvalue weighted by Crippen LogP contribution is 2.20. The predicted molar refractivity (Wildman–Crippen MR) is 59.6 cm³/mol. The van der Waals surface area contributed by atoms with E-state index in [0.29, 0.717) is 5.56 Å². The highest BCUT2D eigenvalue weighted by molar-refractivity contribution is 5.93. The fourth-order valence-electron chi connectivity index (χ4n) is 1.25. The van der Waals surface area contributed by atoms with Gasteiger partial charge in [-0.05, 0) is 13.0 Å². The third-order valence-electron chi connectivity index (χ3n) is 2.21. The van der Waals surface area contributed by atoms with E-state index in [-0.39, 0.29) is 11.4 Å². The van der Waals surface area contributed by atoms with Crippen molar-refractivity contribution in [3.05, 3.63) is 23.4 Å². The number of aryl methyl sites for hydroxylation is 1. The number of aromatic nitrogens is 1. The molecular weight excluding hydrogens is 265 g/mol. The molecule has 0 saturated carbocycles. The zero-order chi connectivity index (χ0) is 14.6. The van der Waals surface area contributed by atoms with Crippen LogP contribution in [0.1, 0.15) is 15.9 Å². The molecule has 0 aliphatic heterocycles. The molecule has 0 fully saturated rings. The van der Waals surface area contributed by atoms with Gasteiger partial charge in [0.05, 0.1) is 12.7 Å². The number of carbonyl (C=O) groups is 1. The third-order valence-corrected chi connectivity index (χ3v) is 2.21. The number of nitrogens with zero attached hydrogens (tertiary/aromatic N) is 2. The maximum atomic E-state index is 12.0. The summed E-state index contributed by atoms with van der Waals surface area (Å²) in [5.74, 6) is -0.616. The lowest BCUT2D eigenvalue weighted by Gasteiger charge is -2.15. The number of pyridine rings is 1. The van der Waals surface area contributed by atoms with Gasteiger partial charge in [-0.2, -0.15) is 13.2 Å². The summed E-state index contributed by atoms with van der Waals surface area (Å²) >= 11 is 0. The number of amides is 1. The number of carbonyl (C=O) groups excluding carboxylic acids is 1. The first-order chi connectivity index (χ1) is 8.74. The van der Waals surface area contributed by atoms with Gasteiger partial charge in [0.2, 0.25) is 5.88 Å². The SMILES string of the molecule is CON(C)C(=O)c1cnc(OCC(F)(F)F)c(C)c1. The van der Waals surface area contributed by atoms with E-state index in [2.05, 4.69) is 9.72 Å². The van der Waals surface area contributed by atoms with Gasteiger partial charge in [0.15, 0.2) is 6.61 Å². The van der Waals surface area contributed by atoms with Crippen LogP contribution in [0.5, 0.6) is 5.88 Å². The number of ether oxygens (including phenoxy) is 1. The van der Waals surface area contributed by atoms with E-state index in [1.807, 2.05) is 0 Å². The largest absolute Gasteiger partial charge is 0.468 e. The van der Waals surface area contributed by atoms with Gasteiger partial charge in [-0.1, -0.05) is 0 Å². The lowest BCUT2D eigenvalue weighted by molar-refractivity contribution is -0.154. The maximum absolute atomic E-state index is 12.0. The molecule has 106 valence electrons.